The second kappa shape index (κ2) is 8.52. The highest BCUT2D eigenvalue weighted by atomic mass is 16.5. The smallest absolute Gasteiger partial charge is 0.307 e. The Balaban J connectivity index is 1.81. The topological polar surface area (TPSA) is 92.9 Å². The molecule has 24 heavy (non-hydrogen) atoms. The molecule has 0 saturated carbocycles. The highest BCUT2D eigenvalue weighted by Gasteiger charge is 2.09. The number of carbonyl (C=O) groups is 2. The van der Waals surface area contributed by atoms with E-state index in [-0.39, 0.29) is 18.1 Å². The van der Waals surface area contributed by atoms with Crippen LogP contribution in [0, 0.1) is 0 Å². The minimum Gasteiger partial charge on any atom is -0.496 e. The first-order chi connectivity index (χ1) is 11.6. The van der Waals surface area contributed by atoms with E-state index in [0.29, 0.717) is 18.0 Å². The second-order valence-electron chi connectivity index (χ2n) is 5.03. The van der Waals surface area contributed by atoms with E-state index < -0.39 is 5.91 Å². The zero-order valence-corrected chi connectivity index (χ0v) is 13.5. The maximum atomic E-state index is 11.9. The Kier molecular flexibility index (Phi) is 6.13. The van der Waals surface area contributed by atoms with Crippen LogP contribution in [0.1, 0.15) is 29.5 Å². The zero-order valence-electron chi connectivity index (χ0n) is 13.5. The Hall–Kier alpha value is -3.09. The average molecular weight is 329 g/mol. The van der Waals surface area contributed by atoms with Gasteiger partial charge in [-0.1, -0.05) is 18.2 Å². The molecule has 0 saturated heterocycles. The maximum absolute atomic E-state index is 11.9. The van der Waals surface area contributed by atoms with E-state index in [2.05, 4.69) is 15.8 Å². The molecule has 126 valence electrons. The van der Waals surface area contributed by atoms with Crippen molar-refractivity contribution < 1.29 is 18.7 Å². The van der Waals surface area contributed by atoms with Gasteiger partial charge < -0.3 is 14.5 Å². The lowest BCUT2D eigenvalue weighted by molar-refractivity contribution is -0.120. The van der Waals surface area contributed by atoms with Crippen molar-refractivity contribution in [2.75, 3.05) is 7.11 Å². The Morgan fingerprint density at radius 2 is 2.00 bits per heavy atom. The first-order valence-corrected chi connectivity index (χ1v) is 7.35. The monoisotopic (exact) mass is 329 g/mol. The second-order valence-corrected chi connectivity index (χ2v) is 5.03. The Morgan fingerprint density at radius 3 is 2.71 bits per heavy atom. The molecule has 0 aliphatic heterocycles. The summed E-state index contributed by atoms with van der Waals surface area (Å²) in [5.74, 6) is 0.212. The van der Waals surface area contributed by atoms with Gasteiger partial charge in [0.15, 0.2) is 5.76 Å². The van der Waals surface area contributed by atoms with Crippen molar-refractivity contribution in [1.82, 2.24) is 10.7 Å². The molecular formula is C17H19N3O4. The van der Waals surface area contributed by atoms with Crippen molar-refractivity contribution in [3.8, 4) is 5.75 Å². The standard InChI is InChI=1S/C17H19N3O4/c1-12(19-20-17(22)15-8-5-9-24-15)10-16(21)18-11-13-6-3-4-7-14(13)23-2/h3-9H,10-11H2,1-2H3,(H,18,21)(H,20,22). The highest BCUT2D eigenvalue weighted by Crippen LogP contribution is 2.16. The van der Waals surface area contributed by atoms with Gasteiger partial charge in [0.25, 0.3) is 0 Å². The molecule has 7 heteroatoms. The van der Waals surface area contributed by atoms with Crippen molar-refractivity contribution in [3.63, 3.8) is 0 Å². The number of furan rings is 1. The number of ether oxygens (including phenoxy) is 1. The lowest BCUT2D eigenvalue weighted by Crippen LogP contribution is -2.26. The van der Waals surface area contributed by atoms with E-state index in [1.165, 1.54) is 12.3 Å². The summed E-state index contributed by atoms with van der Waals surface area (Å²) >= 11 is 0. The van der Waals surface area contributed by atoms with Crippen LogP contribution >= 0.6 is 0 Å². The van der Waals surface area contributed by atoms with Gasteiger partial charge in [-0.2, -0.15) is 5.10 Å². The van der Waals surface area contributed by atoms with Gasteiger partial charge >= 0.3 is 5.91 Å². The summed E-state index contributed by atoms with van der Waals surface area (Å²) in [6.07, 6.45) is 1.48. The lowest BCUT2D eigenvalue weighted by Gasteiger charge is -2.09. The Labute approximate surface area is 139 Å². The number of rotatable bonds is 7. The predicted octanol–water partition coefficient (Wildman–Crippen LogP) is 2.10. The van der Waals surface area contributed by atoms with Crippen LogP contribution in [0.25, 0.3) is 0 Å². The summed E-state index contributed by atoms with van der Waals surface area (Å²) in [6, 6.07) is 10.6. The van der Waals surface area contributed by atoms with Crippen molar-refractivity contribution in [3.05, 3.63) is 54.0 Å². The molecule has 1 heterocycles. The van der Waals surface area contributed by atoms with Gasteiger partial charge in [0, 0.05) is 17.8 Å². The fourth-order valence-corrected chi connectivity index (χ4v) is 1.99. The number of hydrogen-bond donors (Lipinski definition) is 2. The molecule has 0 radical (unpaired) electrons. The van der Waals surface area contributed by atoms with Crippen LogP contribution in [-0.4, -0.2) is 24.6 Å². The van der Waals surface area contributed by atoms with Crippen molar-refractivity contribution >= 4 is 17.5 Å². The number of methoxy groups -OCH3 is 1. The molecule has 2 N–H and O–H groups in total. The molecule has 0 atom stereocenters. The fourth-order valence-electron chi connectivity index (χ4n) is 1.99. The van der Waals surface area contributed by atoms with Gasteiger partial charge in [0.2, 0.25) is 5.91 Å². The van der Waals surface area contributed by atoms with Gasteiger partial charge in [0.1, 0.15) is 5.75 Å². The number of nitrogens with one attached hydrogen (secondary N) is 2. The molecule has 2 rings (SSSR count). The van der Waals surface area contributed by atoms with Gasteiger partial charge in [-0.15, -0.1) is 0 Å². The molecule has 7 nitrogen and oxygen atoms in total. The first kappa shape index (κ1) is 17.3. The summed E-state index contributed by atoms with van der Waals surface area (Å²) in [6.45, 7) is 2.01. The Morgan fingerprint density at radius 1 is 1.21 bits per heavy atom. The maximum Gasteiger partial charge on any atom is 0.307 e. The molecule has 0 aliphatic carbocycles. The SMILES string of the molecule is COc1ccccc1CNC(=O)CC(C)=NNC(=O)c1ccco1. The predicted molar refractivity (Wildman–Crippen MR) is 88.7 cm³/mol. The van der Waals surface area contributed by atoms with Crippen LogP contribution in [0.15, 0.2) is 52.2 Å². The molecule has 2 aromatic rings. The van der Waals surface area contributed by atoms with E-state index in [1.54, 1.807) is 20.1 Å². The lowest BCUT2D eigenvalue weighted by atomic mass is 10.2. The third kappa shape index (κ3) is 4.98. The zero-order chi connectivity index (χ0) is 17.4. The Bertz CT molecular complexity index is 723. The third-order valence-corrected chi connectivity index (χ3v) is 3.18. The number of benzene rings is 1. The van der Waals surface area contributed by atoms with E-state index >= 15 is 0 Å². The molecule has 0 bridgehead atoms. The van der Waals surface area contributed by atoms with E-state index in [4.69, 9.17) is 9.15 Å². The van der Waals surface area contributed by atoms with E-state index in [9.17, 15) is 9.59 Å². The molecule has 1 aromatic carbocycles. The van der Waals surface area contributed by atoms with Crippen LogP contribution in [0.4, 0.5) is 0 Å². The molecular weight excluding hydrogens is 310 g/mol. The minimum atomic E-state index is -0.464. The van der Waals surface area contributed by atoms with Crippen molar-refractivity contribution in [2.45, 2.75) is 19.9 Å². The van der Waals surface area contributed by atoms with Crippen LogP contribution in [-0.2, 0) is 11.3 Å². The number of para-hydroxylation sites is 1. The van der Waals surface area contributed by atoms with Gasteiger partial charge in [-0.25, -0.2) is 5.43 Å². The van der Waals surface area contributed by atoms with Crippen molar-refractivity contribution in [1.29, 1.82) is 0 Å². The van der Waals surface area contributed by atoms with Crippen LogP contribution in [0.2, 0.25) is 0 Å². The van der Waals surface area contributed by atoms with Crippen LogP contribution < -0.4 is 15.5 Å². The molecule has 0 fully saturated rings. The van der Waals surface area contributed by atoms with E-state index in [0.717, 1.165) is 5.56 Å². The number of amides is 2. The third-order valence-electron chi connectivity index (χ3n) is 3.18. The highest BCUT2D eigenvalue weighted by molar-refractivity contribution is 6.00. The molecule has 0 aliphatic rings. The summed E-state index contributed by atoms with van der Waals surface area (Å²) in [4.78, 5) is 23.6. The number of hydrogen-bond acceptors (Lipinski definition) is 5. The summed E-state index contributed by atoms with van der Waals surface area (Å²) in [7, 11) is 1.58. The summed E-state index contributed by atoms with van der Waals surface area (Å²) in [5, 5.41) is 6.67. The molecule has 2 amide bonds. The van der Waals surface area contributed by atoms with Gasteiger partial charge in [0.05, 0.1) is 19.8 Å². The molecule has 1 aromatic heterocycles. The summed E-state index contributed by atoms with van der Waals surface area (Å²) in [5.41, 5.74) is 3.70. The molecule has 0 spiro atoms. The van der Waals surface area contributed by atoms with Crippen LogP contribution in [0.3, 0.4) is 0 Å². The van der Waals surface area contributed by atoms with Crippen LogP contribution in [0.5, 0.6) is 5.75 Å². The largest absolute Gasteiger partial charge is 0.496 e. The number of carbonyl (C=O) groups excluding carboxylic acids is 2. The first-order valence-electron chi connectivity index (χ1n) is 7.35. The number of nitrogens with zero attached hydrogens (tertiary/aromatic N) is 1. The van der Waals surface area contributed by atoms with Gasteiger partial charge in [-0.05, 0) is 25.1 Å². The fraction of sp³-hybridized carbons (Fsp3) is 0.235. The number of hydrazone groups is 1. The molecule has 0 unspecified atom stereocenters. The summed E-state index contributed by atoms with van der Waals surface area (Å²) < 4.78 is 10.2. The van der Waals surface area contributed by atoms with Crippen molar-refractivity contribution in [2.24, 2.45) is 5.10 Å². The van der Waals surface area contributed by atoms with Gasteiger partial charge in [-0.3, -0.25) is 9.59 Å². The average Bonchev–Trinajstić information content (AvgIpc) is 3.12. The normalized spacial score (nSPS) is 11.0. The minimum absolute atomic E-state index is 0.0770. The quantitative estimate of drug-likeness (QED) is 0.601. The van der Waals surface area contributed by atoms with E-state index in [1.807, 2.05) is 24.3 Å².